The third kappa shape index (κ3) is 4.61. The Morgan fingerprint density at radius 1 is 1.00 bits per heavy atom. The van der Waals surface area contributed by atoms with Gasteiger partial charge in [-0.25, -0.2) is 0 Å². The molecule has 0 saturated heterocycles. The monoisotopic (exact) mass is 385 g/mol. The Hall–Kier alpha value is -2.51. The lowest BCUT2D eigenvalue weighted by atomic mass is 10.2. The molecule has 0 spiro atoms. The van der Waals surface area contributed by atoms with Crippen molar-refractivity contribution in [2.24, 2.45) is 0 Å². The zero-order chi connectivity index (χ0) is 19.1. The highest BCUT2D eigenvalue weighted by atomic mass is 32.2. The van der Waals surface area contributed by atoms with Crippen LogP contribution in [0, 0.1) is 0 Å². The Bertz CT molecular complexity index is 865. The molecule has 27 heavy (non-hydrogen) atoms. The van der Waals surface area contributed by atoms with Crippen molar-refractivity contribution in [1.29, 1.82) is 0 Å². The van der Waals surface area contributed by atoms with Crippen LogP contribution in [0.25, 0.3) is 17.1 Å². The number of hydrogen-bond acceptors (Lipinski definition) is 6. The van der Waals surface area contributed by atoms with E-state index in [1.807, 2.05) is 60.0 Å². The SMILES string of the molecule is CCOc1ccc(-n2c(SCCOC)nnc2-c2cccc(OC)c2)cc1. The molecule has 0 N–H and O–H groups in total. The quantitative estimate of drug-likeness (QED) is 0.409. The lowest BCUT2D eigenvalue weighted by Gasteiger charge is -2.12. The fourth-order valence-electron chi connectivity index (χ4n) is 2.62. The maximum Gasteiger partial charge on any atom is 0.196 e. The molecule has 0 aliphatic rings. The Morgan fingerprint density at radius 3 is 2.52 bits per heavy atom. The molecule has 7 heteroatoms. The van der Waals surface area contributed by atoms with E-state index in [1.165, 1.54) is 0 Å². The molecule has 2 aromatic carbocycles. The van der Waals surface area contributed by atoms with Crippen molar-refractivity contribution >= 4 is 11.8 Å². The molecule has 0 atom stereocenters. The van der Waals surface area contributed by atoms with Crippen molar-refractivity contribution in [2.45, 2.75) is 12.1 Å². The van der Waals surface area contributed by atoms with Crippen LogP contribution in [0.15, 0.2) is 53.7 Å². The summed E-state index contributed by atoms with van der Waals surface area (Å²) < 4.78 is 18.1. The second-order valence-corrected chi connectivity index (χ2v) is 6.70. The molecular formula is C20H23N3O3S. The highest BCUT2D eigenvalue weighted by molar-refractivity contribution is 7.99. The molecule has 0 aliphatic carbocycles. The molecule has 6 nitrogen and oxygen atoms in total. The Morgan fingerprint density at radius 2 is 1.81 bits per heavy atom. The third-order valence-corrected chi connectivity index (χ3v) is 4.78. The van der Waals surface area contributed by atoms with E-state index in [9.17, 15) is 0 Å². The lowest BCUT2D eigenvalue weighted by molar-refractivity contribution is 0.218. The summed E-state index contributed by atoms with van der Waals surface area (Å²) in [6, 6.07) is 15.8. The summed E-state index contributed by atoms with van der Waals surface area (Å²) in [5.74, 6) is 3.18. The third-order valence-electron chi connectivity index (χ3n) is 3.89. The number of rotatable bonds is 9. The number of ether oxygens (including phenoxy) is 3. The molecule has 0 aliphatic heterocycles. The standard InChI is InChI=1S/C20H23N3O3S/c1-4-26-17-10-8-16(9-11-17)23-19(15-6-5-7-18(14-15)25-3)21-22-20(23)27-13-12-24-2/h5-11,14H,4,12-13H2,1-3H3. The molecule has 0 fully saturated rings. The van der Waals surface area contributed by atoms with E-state index in [4.69, 9.17) is 14.2 Å². The van der Waals surface area contributed by atoms with Crippen LogP contribution in [-0.4, -0.2) is 48.0 Å². The highest BCUT2D eigenvalue weighted by Gasteiger charge is 2.16. The molecular weight excluding hydrogens is 362 g/mol. The smallest absolute Gasteiger partial charge is 0.196 e. The minimum absolute atomic E-state index is 0.638. The molecule has 3 rings (SSSR count). The van der Waals surface area contributed by atoms with E-state index in [-0.39, 0.29) is 0 Å². The van der Waals surface area contributed by atoms with E-state index in [1.54, 1.807) is 26.0 Å². The number of aromatic nitrogens is 3. The molecule has 0 amide bonds. The first-order valence-electron chi connectivity index (χ1n) is 8.71. The van der Waals surface area contributed by atoms with Crippen LogP contribution >= 0.6 is 11.8 Å². The molecule has 142 valence electrons. The van der Waals surface area contributed by atoms with Crippen LogP contribution < -0.4 is 9.47 Å². The summed E-state index contributed by atoms with van der Waals surface area (Å²) >= 11 is 1.61. The fraction of sp³-hybridized carbons (Fsp3) is 0.300. The van der Waals surface area contributed by atoms with Crippen LogP contribution in [0.4, 0.5) is 0 Å². The summed E-state index contributed by atoms with van der Waals surface area (Å²) in [4.78, 5) is 0. The van der Waals surface area contributed by atoms with Crippen LogP contribution in [0.1, 0.15) is 6.92 Å². The highest BCUT2D eigenvalue weighted by Crippen LogP contribution is 2.30. The molecule has 0 unspecified atom stereocenters. The molecule has 0 bridgehead atoms. The van der Waals surface area contributed by atoms with Gasteiger partial charge in [0.1, 0.15) is 11.5 Å². The van der Waals surface area contributed by atoms with Crippen LogP contribution in [0.3, 0.4) is 0 Å². The first kappa shape index (κ1) is 19.3. The summed E-state index contributed by atoms with van der Waals surface area (Å²) in [6.45, 7) is 3.26. The zero-order valence-corrected chi connectivity index (χ0v) is 16.5. The maximum absolute atomic E-state index is 5.55. The minimum atomic E-state index is 0.638. The fourth-order valence-corrected chi connectivity index (χ4v) is 3.47. The molecule has 1 aromatic heterocycles. The first-order chi connectivity index (χ1) is 13.3. The van der Waals surface area contributed by atoms with E-state index in [2.05, 4.69) is 10.2 Å². The average molecular weight is 385 g/mol. The van der Waals surface area contributed by atoms with Gasteiger partial charge >= 0.3 is 0 Å². The summed E-state index contributed by atoms with van der Waals surface area (Å²) in [5.41, 5.74) is 1.91. The van der Waals surface area contributed by atoms with Gasteiger partial charge in [-0.2, -0.15) is 0 Å². The van der Waals surface area contributed by atoms with Gasteiger partial charge in [0.05, 0.1) is 20.3 Å². The average Bonchev–Trinajstić information content (AvgIpc) is 3.13. The second kappa shape index (κ2) is 9.43. The van der Waals surface area contributed by atoms with E-state index < -0.39 is 0 Å². The van der Waals surface area contributed by atoms with Crippen molar-refractivity contribution in [1.82, 2.24) is 14.8 Å². The second-order valence-electron chi connectivity index (χ2n) is 5.64. The number of nitrogens with zero attached hydrogens (tertiary/aromatic N) is 3. The Labute approximate surface area is 163 Å². The van der Waals surface area contributed by atoms with E-state index in [0.717, 1.165) is 39.5 Å². The van der Waals surface area contributed by atoms with Gasteiger partial charge in [0.15, 0.2) is 11.0 Å². The lowest BCUT2D eigenvalue weighted by Crippen LogP contribution is -2.02. The van der Waals surface area contributed by atoms with Crippen LogP contribution in [0.2, 0.25) is 0 Å². The Balaban J connectivity index is 2.02. The maximum atomic E-state index is 5.55. The summed E-state index contributed by atoms with van der Waals surface area (Å²) in [7, 11) is 3.35. The van der Waals surface area contributed by atoms with Crippen molar-refractivity contribution in [2.75, 3.05) is 33.2 Å². The van der Waals surface area contributed by atoms with Crippen molar-refractivity contribution < 1.29 is 14.2 Å². The zero-order valence-electron chi connectivity index (χ0n) is 15.7. The Kier molecular flexibility index (Phi) is 6.73. The van der Waals surface area contributed by atoms with Gasteiger partial charge in [-0.1, -0.05) is 23.9 Å². The topological polar surface area (TPSA) is 58.4 Å². The molecule has 0 radical (unpaired) electrons. The predicted octanol–water partition coefficient (Wildman–Crippen LogP) is 4.08. The number of hydrogen-bond donors (Lipinski definition) is 0. The minimum Gasteiger partial charge on any atom is -0.497 e. The van der Waals surface area contributed by atoms with Gasteiger partial charge in [0.2, 0.25) is 0 Å². The largest absolute Gasteiger partial charge is 0.497 e. The van der Waals surface area contributed by atoms with Gasteiger partial charge < -0.3 is 14.2 Å². The summed E-state index contributed by atoms with van der Waals surface area (Å²) in [5, 5.41) is 9.66. The number of thioether (sulfide) groups is 1. The van der Waals surface area contributed by atoms with Gasteiger partial charge in [-0.15, -0.1) is 10.2 Å². The normalized spacial score (nSPS) is 10.8. The van der Waals surface area contributed by atoms with Crippen molar-refractivity contribution in [3.05, 3.63) is 48.5 Å². The predicted molar refractivity (Wildman–Crippen MR) is 107 cm³/mol. The van der Waals surface area contributed by atoms with Crippen LogP contribution in [0.5, 0.6) is 11.5 Å². The summed E-state index contributed by atoms with van der Waals surface area (Å²) in [6.07, 6.45) is 0. The van der Waals surface area contributed by atoms with E-state index >= 15 is 0 Å². The molecule has 0 saturated carbocycles. The van der Waals surface area contributed by atoms with Gasteiger partial charge in [0.25, 0.3) is 0 Å². The van der Waals surface area contributed by atoms with Gasteiger partial charge in [0, 0.05) is 24.1 Å². The molecule has 3 aromatic rings. The van der Waals surface area contributed by atoms with Gasteiger partial charge in [-0.3, -0.25) is 4.57 Å². The molecule has 1 heterocycles. The van der Waals surface area contributed by atoms with E-state index in [0.29, 0.717) is 13.2 Å². The number of benzene rings is 2. The number of methoxy groups -OCH3 is 2. The van der Waals surface area contributed by atoms with Crippen molar-refractivity contribution in [3.63, 3.8) is 0 Å². The van der Waals surface area contributed by atoms with Crippen LogP contribution in [-0.2, 0) is 4.74 Å². The van der Waals surface area contributed by atoms with Gasteiger partial charge in [-0.05, 0) is 43.3 Å². The van der Waals surface area contributed by atoms with Crippen molar-refractivity contribution in [3.8, 4) is 28.6 Å². The first-order valence-corrected chi connectivity index (χ1v) is 9.70.